The predicted octanol–water partition coefficient (Wildman–Crippen LogP) is 4.49. The van der Waals surface area contributed by atoms with Gasteiger partial charge in [0, 0.05) is 22.1 Å². The molecule has 0 aromatic heterocycles. The van der Waals surface area contributed by atoms with Crippen LogP contribution in [-0.4, -0.2) is 13.7 Å². The Labute approximate surface area is 133 Å². The summed E-state index contributed by atoms with van der Waals surface area (Å²) in [4.78, 5) is 0. The second kappa shape index (κ2) is 7.57. The van der Waals surface area contributed by atoms with Crippen molar-refractivity contribution in [1.29, 1.82) is 0 Å². The van der Waals surface area contributed by atoms with Gasteiger partial charge in [0.25, 0.3) is 0 Å². The molecule has 0 fully saturated rings. The van der Waals surface area contributed by atoms with Gasteiger partial charge in [-0.2, -0.15) is 0 Å². The summed E-state index contributed by atoms with van der Waals surface area (Å²) in [5, 5.41) is 3.35. The minimum absolute atomic E-state index is 0.0698. The highest BCUT2D eigenvalue weighted by Crippen LogP contribution is 2.27. The predicted molar refractivity (Wildman–Crippen MR) is 87.2 cm³/mol. The fourth-order valence-corrected chi connectivity index (χ4v) is 2.79. The van der Waals surface area contributed by atoms with E-state index >= 15 is 0 Å². The number of methoxy groups -OCH3 is 1. The van der Waals surface area contributed by atoms with E-state index in [1.54, 1.807) is 12.1 Å². The Morgan fingerprint density at radius 1 is 1.24 bits per heavy atom. The van der Waals surface area contributed by atoms with Gasteiger partial charge in [0.05, 0.1) is 7.11 Å². The fourth-order valence-electron chi connectivity index (χ4n) is 2.34. The first-order chi connectivity index (χ1) is 10.2. The van der Waals surface area contributed by atoms with Crippen molar-refractivity contribution >= 4 is 15.9 Å². The van der Waals surface area contributed by atoms with Gasteiger partial charge in [-0.3, -0.25) is 0 Å². The van der Waals surface area contributed by atoms with Crippen LogP contribution in [0.1, 0.15) is 24.1 Å². The normalized spacial score (nSPS) is 12.2. The summed E-state index contributed by atoms with van der Waals surface area (Å²) in [5.41, 5.74) is 1.81. The second-order valence-corrected chi connectivity index (χ2v) is 5.65. The molecule has 0 aliphatic rings. The molecule has 2 rings (SSSR count). The maximum absolute atomic E-state index is 14.3. The lowest BCUT2D eigenvalue weighted by molar-refractivity contribution is 0.409. The van der Waals surface area contributed by atoms with Crippen LogP contribution in [0.3, 0.4) is 0 Å². The first-order valence-corrected chi connectivity index (χ1v) is 7.75. The summed E-state index contributed by atoms with van der Waals surface area (Å²) < 4.78 is 20.4. The molecule has 2 aromatic rings. The number of rotatable bonds is 6. The van der Waals surface area contributed by atoms with Crippen LogP contribution >= 0.6 is 15.9 Å². The number of likely N-dealkylation sites (N-methyl/N-ethyl adjacent to an activating group) is 1. The first-order valence-electron chi connectivity index (χ1n) is 6.96. The van der Waals surface area contributed by atoms with Crippen molar-refractivity contribution in [2.75, 3.05) is 13.7 Å². The van der Waals surface area contributed by atoms with E-state index in [1.807, 2.05) is 25.1 Å². The van der Waals surface area contributed by atoms with E-state index in [-0.39, 0.29) is 11.9 Å². The van der Waals surface area contributed by atoms with Crippen molar-refractivity contribution < 1.29 is 9.13 Å². The molecule has 0 spiro atoms. The van der Waals surface area contributed by atoms with Gasteiger partial charge in [0.15, 0.2) is 0 Å². The van der Waals surface area contributed by atoms with Crippen molar-refractivity contribution in [3.05, 3.63) is 63.9 Å². The number of halogens is 2. The molecule has 1 N–H and O–H groups in total. The molecule has 4 heteroatoms. The third kappa shape index (κ3) is 4.05. The summed E-state index contributed by atoms with van der Waals surface area (Å²) in [6.07, 6.45) is 0.721. The molecule has 0 heterocycles. The Balaban J connectivity index is 2.29. The number of ether oxygens (including phenoxy) is 1. The Kier molecular flexibility index (Phi) is 5.76. The molecule has 21 heavy (non-hydrogen) atoms. The van der Waals surface area contributed by atoms with Gasteiger partial charge in [-0.05, 0) is 30.7 Å². The third-order valence-electron chi connectivity index (χ3n) is 3.42. The molecule has 0 bridgehead atoms. The van der Waals surface area contributed by atoms with Gasteiger partial charge >= 0.3 is 0 Å². The van der Waals surface area contributed by atoms with E-state index in [9.17, 15) is 4.39 Å². The molecule has 0 aliphatic carbocycles. The van der Waals surface area contributed by atoms with Crippen LogP contribution in [0.5, 0.6) is 5.75 Å². The molecule has 112 valence electrons. The molecule has 1 unspecified atom stereocenters. The zero-order valence-electron chi connectivity index (χ0n) is 12.2. The summed E-state index contributed by atoms with van der Waals surface area (Å²) in [6.45, 7) is 2.80. The Morgan fingerprint density at radius 3 is 2.62 bits per heavy atom. The Hall–Kier alpha value is -1.39. The van der Waals surface area contributed by atoms with E-state index in [2.05, 4.69) is 27.3 Å². The van der Waals surface area contributed by atoms with Crippen molar-refractivity contribution in [1.82, 2.24) is 5.32 Å². The smallest absolute Gasteiger partial charge is 0.131 e. The fraction of sp³-hybridized carbons (Fsp3) is 0.294. The van der Waals surface area contributed by atoms with E-state index in [0.717, 1.165) is 23.0 Å². The minimum atomic E-state index is -0.243. The number of benzene rings is 2. The molecule has 0 saturated carbocycles. The van der Waals surface area contributed by atoms with Crippen LogP contribution in [-0.2, 0) is 6.42 Å². The standard InChI is InChI=1S/C17H19BrFNO/c1-3-20-17(10-12-6-4-5-7-15(12)18)14-9-8-13(21-2)11-16(14)19/h4-9,11,17,20H,3,10H2,1-2H3. The largest absolute Gasteiger partial charge is 0.497 e. The molecule has 0 amide bonds. The molecule has 2 aromatic carbocycles. The minimum Gasteiger partial charge on any atom is -0.497 e. The summed E-state index contributed by atoms with van der Waals surface area (Å²) in [6, 6.07) is 13.0. The van der Waals surface area contributed by atoms with Crippen LogP contribution in [0.25, 0.3) is 0 Å². The lowest BCUT2D eigenvalue weighted by Gasteiger charge is -2.20. The van der Waals surface area contributed by atoms with Gasteiger partial charge in [0.2, 0.25) is 0 Å². The molecule has 2 nitrogen and oxygen atoms in total. The summed E-state index contributed by atoms with van der Waals surface area (Å²) >= 11 is 3.55. The molecular weight excluding hydrogens is 333 g/mol. The van der Waals surface area contributed by atoms with Gasteiger partial charge < -0.3 is 10.1 Å². The lowest BCUT2D eigenvalue weighted by Crippen LogP contribution is -2.24. The van der Waals surface area contributed by atoms with E-state index in [4.69, 9.17) is 4.74 Å². The van der Waals surface area contributed by atoms with Crippen LogP contribution in [0.4, 0.5) is 4.39 Å². The number of hydrogen-bond acceptors (Lipinski definition) is 2. The SMILES string of the molecule is CCNC(Cc1ccccc1Br)c1ccc(OC)cc1F. The van der Waals surface area contributed by atoms with Crippen molar-refractivity contribution in [2.45, 2.75) is 19.4 Å². The van der Waals surface area contributed by atoms with Gasteiger partial charge in [-0.15, -0.1) is 0 Å². The van der Waals surface area contributed by atoms with Crippen molar-refractivity contribution in [3.8, 4) is 5.75 Å². The zero-order chi connectivity index (χ0) is 15.2. The third-order valence-corrected chi connectivity index (χ3v) is 4.19. The molecule has 1 atom stereocenters. The van der Waals surface area contributed by atoms with Crippen LogP contribution in [0.15, 0.2) is 46.9 Å². The molecule has 0 radical (unpaired) electrons. The lowest BCUT2D eigenvalue weighted by atomic mass is 9.98. The molecule has 0 saturated heterocycles. The number of hydrogen-bond donors (Lipinski definition) is 1. The average Bonchev–Trinajstić information content (AvgIpc) is 2.49. The number of nitrogens with one attached hydrogen (secondary N) is 1. The van der Waals surface area contributed by atoms with E-state index in [0.29, 0.717) is 11.3 Å². The highest BCUT2D eigenvalue weighted by atomic mass is 79.9. The summed E-state index contributed by atoms with van der Waals surface area (Å²) in [5.74, 6) is 0.291. The highest BCUT2D eigenvalue weighted by Gasteiger charge is 2.17. The van der Waals surface area contributed by atoms with Crippen molar-refractivity contribution in [3.63, 3.8) is 0 Å². The van der Waals surface area contributed by atoms with E-state index in [1.165, 1.54) is 13.2 Å². The maximum Gasteiger partial charge on any atom is 0.131 e. The monoisotopic (exact) mass is 351 g/mol. The quantitative estimate of drug-likeness (QED) is 0.827. The van der Waals surface area contributed by atoms with E-state index < -0.39 is 0 Å². The zero-order valence-corrected chi connectivity index (χ0v) is 13.8. The van der Waals surface area contributed by atoms with Crippen LogP contribution in [0.2, 0.25) is 0 Å². The van der Waals surface area contributed by atoms with Gasteiger partial charge in [-0.25, -0.2) is 4.39 Å². The second-order valence-electron chi connectivity index (χ2n) is 4.79. The first kappa shape index (κ1) is 16.0. The molecular formula is C17H19BrFNO. The van der Waals surface area contributed by atoms with Crippen molar-refractivity contribution in [2.24, 2.45) is 0 Å². The Morgan fingerprint density at radius 2 is 2.00 bits per heavy atom. The van der Waals surface area contributed by atoms with Gasteiger partial charge in [-0.1, -0.05) is 47.1 Å². The molecule has 0 aliphatic heterocycles. The van der Waals surface area contributed by atoms with Crippen LogP contribution < -0.4 is 10.1 Å². The summed E-state index contributed by atoms with van der Waals surface area (Å²) in [7, 11) is 1.54. The maximum atomic E-state index is 14.3. The topological polar surface area (TPSA) is 21.3 Å². The van der Waals surface area contributed by atoms with Gasteiger partial charge in [0.1, 0.15) is 11.6 Å². The van der Waals surface area contributed by atoms with Crippen LogP contribution in [0, 0.1) is 5.82 Å². The Bertz CT molecular complexity index is 603. The highest BCUT2D eigenvalue weighted by molar-refractivity contribution is 9.10. The average molecular weight is 352 g/mol.